The molecular formula is C31H34N6O3. The Bertz CT molecular complexity index is 1360. The first-order valence-electron chi connectivity index (χ1n) is 13.5. The number of aryl methyl sites for hydroxylation is 1. The summed E-state index contributed by atoms with van der Waals surface area (Å²) in [7, 11) is 0. The van der Waals surface area contributed by atoms with E-state index in [4.69, 9.17) is 9.47 Å². The standard InChI is InChI=1S/C31H34N6O3/c1-24-8-5-11-28(39-23-7-18-36-19-21-37(22-20-36)26-9-3-2-4-10-26)29(24)35-30(38)34-25-12-14-27(15-13-25)40-31-32-16-6-17-33-31/h2-6,8-17H,7,18-23H2,1H3,(H2,34,35,38). The number of ether oxygens (including phenoxy) is 2. The van der Waals surface area contributed by atoms with E-state index in [0.717, 1.165) is 44.7 Å². The van der Waals surface area contributed by atoms with Crippen LogP contribution in [0.5, 0.6) is 17.5 Å². The monoisotopic (exact) mass is 538 g/mol. The lowest BCUT2D eigenvalue weighted by atomic mass is 10.2. The van der Waals surface area contributed by atoms with Gasteiger partial charge in [-0.15, -0.1) is 0 Å². The summed E-state index contributed by atoms with van der Waals surface area (Å²) >= 11 is 0. The molecule has 0 spiro atoms. The van der Waals surface area contributed by atoms with Crippen molar-refractivity contribution in [2.45, 2.75) is 13.3 Å². The lowest BCUT2D eigenvalue weighted by Gasteiger charge is -2.36. The Morgan fingerprint density at radius 1 is 0.850 bits per heavy atom. The highest BCUT2D eigenvalue weighted by Crippen LogP contribution is 2.29. The third kappa shape index (κ3) is 7.48. The van der Waals surface area contributed by atoms with E-state index < -0.39 is 0 Å². The molecule has 2 amide bonds. The van der Waals surface area contributed by atoms with Gasteiger partial charge in [-0.2, -0.15) is 0 Å². The van der Waals surface area contributed by atoms with Crippen LogP contribution < -0.4 is 25.0 Å². The van der Waals surface area contributed by atoms with E-state index in [1.807, 2.05) is 25.1 Å². The van der Waals surface area contributed by atoms with Crippen LogP contribution in [0.1, 0.15) is 12.0 Å². The minimum absolute atomic E-state index is 0.263. The molecule has 2 N–H and O–H groups in total. The molecule has 0 radical (unpaired) electrons. The van der Waals surface area contributed by atoms with Crippen molar-refractivity contribution in [2.75, 3.05) is 54.9 Å². The topological polar surface area (TPSA) is 91.9 Å². The third-order valence-corrected chi connectivity index (χ3v) is 6.71. The number of carbonyl (C=O) groups excluding carboxylic acids is 1. The maximum absolute atomic E-state index is 12.8. The molecular weight excluding hydrogens is 504 g/mol. The van der Waals surface area contributed by atoms with Gasteiger partial charge in [0.25, 0.3) is 0 Å². The second-order valence-corrected chi connectivity index (χ2v) is 9.55. The Labute approximate surface area is 234 Å². The molecule has 2 heterocycles. The smallest absolute Gasteiger partial charge is 0.323 e. The van der Waals surface area contributed by atoms with Crippen molar-refractivity contribution >= 4 is 23.1 Å². The van der Waals surface area contributed by atoms with Gasteiger partial charge < -0.3 is 25.0 Å². The molecule has 5 rings (SSSR count). The largest absolute Gasteiger partial charge is 0.491 e. The van der Waals surface area contributed by atoms with Crippen LogP contribution in [0.3, 0.4) is 0 Å². The zero-order valence-corrected chi connectivity index (χ0v) is 22.6. The normalized spacial score (nSPS) is 13.5. The molecule has 0 unspecified atom stereocenters. The van der Waals surface area contributed by atoms with Crippen LogP contribution in [0, 0.1) is 6.92 Å². The summed E-state index contributed by atoms with van der Waals surface area (Å²) in [5.41, 5.74) is 3.51. The molecule has 206 valence electrons. The van der Waals surface area contributed by atoms with Crippen molar-refractivity contribution in [1.29, 1.82) is 0 Å². The first-order chi connectivity index (χ1) is 19.6. The average molecular weight is 539 g/mol. The molecule has 9 nitrogen and oxygen atoms in total. The molecule has 0 saturated carbocycles. The summed E-state index contributed by atoms with van der Waals surface area (Å²) in [6.07, 6.45) is 4.13. The highest BCUT2D eigenvalue weighted by atomic mass is 16.5. The molecule has 1 saturated heterocycles. The summed E-state index contributed by atoms with van der Waals surface area (Å²) in [6, 6.07) is 25.0. The van der Waals surface area contributed by atoms with E-state index in [-0.39, 0.29) is 12.0 Å². The summed E-state index contributed by atoms with van der Waals surface area (Å²) in [5.74, 6) is 1.24. The molecule has 1 aliphatic rings. The van der Waals surface area contributed by atoms with Crippen LogP contribution in [-0.4, -0.2) is 60.2 Å². The third-order valence-electron chi connectivity index (χ3n) is 6.71. The highest BCUT2D eigenvalue weighted by molar-refractivity contribution is 6.01. The number of benzene rings is 3. The second kappa shape index (κ2) is 13.4. The van der Waals surface area contributed by atoms with Crippen LogP contribution in [0.25, 0.3) is 0 Å². The minimum Gasteiger partial charge on any atom is -0.491 e. The quantitative estimate of drug-likeness (QED) is 0.246. The van der Waals surface area contributed by atoms with E-state index in [1.165, 1.54) is 5.69 Å². The van der Waals surface area contributed by atoms with Crippen molar-refractivity contribution in [3.63, 3.8) is 0 Å². The Kier molecular flexibility index (Phi) is 9.06. The van der Waals surface area contributed by atoms with E-state index >= 15 is 0 Å². The SMILES string of the molecule is Cc1cccc(OCCCN2CCN(c3ccccc3)CC2)c1NC(=O)Nc1ccc(Oc2ncccn2)cc1. The zero-order valence-electron chi connectivity index (χ0n) is 22.6. The van der Waals surface area contributed by atoms with Crippen molar-refractivity contribution in [2.24, 2.45) is 0 Å². The molecule has 1 aromatic heterocycles. The van der Waals surface area contributed by atoms with Crippen LogP contribution in [-0.2, 0) is 0 Å². The van der Waals surface area contributed by atoms with Gasteiger partial charge in [0, 0.05) is 56.5 Å². The fraction of sp³-hybridized carbons (Fsp3) is 0.258. The Morgan fingerprint density at radius 2 is 1.60 bits per heavy atom. The number of urea groups is 1. The van der Waals surface area contributed by atoms with Gasteiger partial charge in [-0.25, -0.2) is 14.8 Å². The fourth-order valence-electron chi connectivity index (χ4n) is 4.59. The van der Waals surface area contributed by atoms with Crippen molar-refractivity contribution in [1.82, 2.24) is 14.9 Å². The van der Waals surface area contributed by atoms with Gasteiger partial charge in [0.1, 0.15) is 11.5 Å². The predicted octanol–water partition coefficient (Wildman–Crippen LogP) is 5.81. The Hall–Kier alpha value is -4.63. The van der Waals surface area contributed by atoms with E-state index in [1.54, 1.807) is 42.7 Å². The molecule has 0 aliphatic carbocycles. The molecule has 3 aromatic carbocycles. The number of aromatic nitrogens is 2. The number of nitrogens with zero attached hydrogens (tertiary/aromatic N) is 4. The Balaban J connectivity index is 1.07. The first-order valence-corrected chi connectivity index (χ1v) is 13.5. The number of nitrogens with one attached hydrogen (secondary N) is 2. The second-order valence-electron chi connectivity index (χ2n) is 9.55. The fourth-order valence-corrected chi connectivity index (χ4v) is 4.59. The van der Waals surface area contributed by atoms with Crippen LogP contribution in [0.4, 0.5) is 21.9 Å². The lowest BCUT2D eigenvalue weighted by molar-refractivity contribution is 0.225. The number of amides is 2. The number of para-hydroxylation sites is 2. The predicted molar refractivity (Wildman–Crippen MR) is 158 cm³/mol. The van der Waals surface area contributed by atoms with Gasteiger partial charge in [0.2, 0.25) is 0 Å². The number of anilines is 3. The molecule has 1 aliphatic heterocycles. The number of hydrogen-bond acceptors (Lipinski definition) is 7. The van der Waals surface area contributed by atoms with Gasteiger partial charge >= 0.3 is 12.0 Å². The first kappa shape index (κ1) is 27.0. The van der Waals surface area contributed by atoms with Gasteiger partial charge in [-0.3, -0.25) is 4.90 Å². The summed E-state index contributed by atoms with van der Waals surface area (Å²) in [5, 5.41) is 5.81. The summed E-state index contributed by atoms with van der Waals surface area (Å²) in [4.78, 5) is 25.8. The van der Waals surface area contributed by atoms with Gasteiger partial charge in [-0.05, 0) is 67.4 Å². The lowest BCUT2D eigenvalue weighted by Crippen LogP contribution is -2.46. The number of carbonyl (C=O) groups is 1. The maximum atomic E-state index is 12.8. The van der Waals surface area contributed by atoms with Gasteiger partial charge in [-0.1, -0.05) is 30.3 Å². The van der Waals surface area contributed by atoms with E-state index in [2.05, 4.69) is 60.7 Å². The summed E-state index contributed by atoms with van der Waals surface area (Å²) in [6.45, 7) is 7.65. The molecule has 0 atom stereocenters. The van der Waals surface area contributed by atoms with Crippen LogP contribution >= 0.6 is 0 Å². The van der Waals surface area contributed by atoms with Crippen molar-refractivity contribution < 1.29 is 14.3 Å². The number of rotatable bonds is 10. The van der Waals surface area contributed by atoms with Gasteiger partial charge in [0.15, 0.2) is 0 Å². The zero-order chi connectivity index (χ0) is 27.6. The van der Waals surface area contributed by atoms with E-state index in [9.17, 15) is 4.79 Å². The molecule has 1 fully saturated rings. The molecule has 0 bridgehead atoms. The molecule has 9 heteroatoms. The number of piperazine rings is 1. The number of hydrogen-bond donors (Lipinski definition) is 2. The van der Waals surface area contributed by atoms with Crippen molar-refractivity contribution in [3.8, 4) is 17.5 Å². The van der Waals surface area contributed by atoms with Gasteiger partial charge in [0.05, 0.1) is 12.3 Å². The van der Waals surface area contributed by atoms with E-state index in [0.29, 0.717) is 29.5 Å². The minimum atomic E-state index is -0.351. The van der Waals surface area contributed by atoms with Crippen molar-refractivity contribution in [3.05, 3.63) is 96.8 Å². The molecule has 4 aromatic rings. The average Bonchev–Trinajstić information content (AvgIpc) is 2.99. The highest BCUT2D eigenvalue weighted by Gasteiger charge is 2.17. The Morgan fingerprint density at radius 3 is 2.35 bits per heavy atom. The molecule has 40 heavy (non-hydrogen) atoms. The summed E-state index contributed by atoms with van der Waals surface area (Å²) < 4.78 is 11.7. The maximum Gasteiger partial charge on any atom is 0.323 e. The van der Waals surface area contributed by atoms with Crippen LogP contribution in [0.2, 0.25) is 0 Å². The van der Waals surface area contributed by atoms with Crippen LogP contribution in [0.15, 0.2) is 91.3 Å².